The molecule has 1 atom stereocenters. The van der Waals surface area contributed by atoms with Crippen molar-refractivity contribution in [2.45, 2.75) is 39.7 Å². The van der Waals surface area contributed by atoms with Gasteiger partial charge in [0, 0.05) is 12.6 Å². The molecule has 0 bridgehead atoms. The van der Waals surface area contributed by atoms with Crippen LogP contribution in [0.1, 0.15) is 33.6 Å². The van der Waals surface area contributed by atoms with Gasteiger partial charge in [0.2, 0.25) is 0 Å². The van der Waals surface area contributed by atoms with Crippen LogP contribution in [0.3, 0.4) is 0 Å². The first kappa shape index (κ1) is 12.9. The molecule has 0 amide bonds. The Morgan fingerprint density at radius 1 is 1.23 bits per heavy atom. The van der Waals surface area contributed by atoms with Crippen molar-refractivity contribution >= 4 is 0 Å². The van der Waals surface area contributed by atoms with Crippen LogP contribution in [-0.2, 0) is 0 Å². The molecule has 0 aromatic rings. The van der Waals surface area contributed by atoms with Gasteiger partial charge in [0.25, 0.3) is 0 Å². The first-order chi connectivity index (χ1) is 6.06. The fourth-order valence-electron chi connectivity index (χ4n) is 1.53. The second-order valence-electron chi connectivity index (χ2n) is 4.49. The predicted molar refractivity (Wildman–Crippen MR) is 60.1 cm³/mol. The molecule has 0 fully saturated rings. The lowest BCUT2D eigenvalue weighted by Gasteiger charge is -2.19. The van der Waals surface area contributed by atoms with E-state index < -0.39 is 0 Å². The molecule has 2 nitrogen and oxygen atoms in total. The zero-order valence-corrected chi connectivity index (χ0v) is 9.93. The lowest BCUT2D eigenvalue weighted by Crippen LogP contribution is -2.27. The number of nitrogens with one attached hydrogen (secondary N) is 1. The molecule has 0 aliphatic rings. The summed E-state index contributed by atoms with van der Waals surface area (Å²) in [4.78, 5) is 2.42. The van der Waals surface area contributed by atoms with Crippen LogP contribution >= 0.6 is 0 Å². The van der Waals surface area contributed by atoms with Gasteiger partial charge in [-0.05, 0) is 46.3 Å². The molecule has 0 aliphatic heterocycles. The molecule has 13 heavy (non-hydrogen) atoms. The minimum Gasteiger partial charge on any atom is -0.317 e. The van der Waals surface area contributed by atoms with Gasteiger partial charge in [-0.1, -0.05) is 13.8 Å². The number of rotatable bonds is 7. The normalized spacial score (nSPS) is 14.1. The van der Waals surface area contributed by atoms with Gasteiger partial charge in [-0.2, -0.15) is 0 Å². The van der Waals surface area contributed by atoms with Crippen molar-refractivity contribution < 1.29 is 0 Å². The summed E-state index contributed by atoms with van der Waals surface area (Å²) < 4.78 is 0. The summed E-state index contributed by atoms with van der Waals surface area (Å²) in [6.45, 7) is 9.22. The van der Waals surface area contributed by atoms with Crippen molar-refractivity contribution in [1.29, 1.82) is 0 Å². The highest BCUT2D eigenvalue weighted by atomic mass is 15.1. The molecule has 0 radical (unpaired) electrons. The zero-order chi connectivity index (χ0) is 10.3. The fourth-order valence-corrected chi connectivity index (χ4v) is 1.53. The Balaban J connectivity index is 3.31. The Hall–Kier alpha value is -0.0800. The molecule has 0 aromatic carbocycles. The Morgan fingerprint density at radius 2 is 1.85 bits per heavy atom. The predicted octanol–water partition coefficient (Wildman–Crippen LogP) is 1.96. The van der Waals surface area contributed by atoms with Crippen LogP contribution in [0.5, 0.6) is 0 Å². The van der Waals surface area contributed by atoms with Gasteiger partial charge >= 0.3 is 0 Å². The summed E-state index contributed by atoms with van der Waals surface area (Å²) in [7, 11) is 4.24. The average Bonchev–Trinajstić information content (AvgIpc) is 2.02. The fraction of sp³-hybridized carbons (Fsp3) is 1.00. The molecule has 0 spiro atoms. The van der Waals surface area contributed by atoms with Crippen LogP contribution < -0.4 is 5.32 Å². The maximum Gasteiger partial charge on any atom is 0.00362 e. The third-order valence-corrected chi connectivity index (χ3v) is 2.35. The maximum absolute atomic E-state index is 3.26. The van der Waals surface area contributed by atoms with E-state index in [4.69, 9.17) is 0 Å². The van der Waals surface area contributed by atoms with E-state index >= 15 is 0 Å². The minimum absolute atomic E-state index is 0.660. The summed E-state index contributed by atoms with van der Waals surface area (Å²) >= 11 is 0. The summed E-state index contributed by atoms with van der Waals surface area (Å²) in [5.41, 5.74) is 0. The first-order valence-electron chi connectivity index (χ1n) is 5.42. The SMILES string of the molecule is CNC(C)CCCN(C)CC(C)C. The number of hydrogen-bond donors (Lipinski definition) is 1. The van der Waals surface area contributed by atoms with E-state index in [1.807, 2.05) is 7.05 Å². The quantitative estimate of drug-likeness (QED) is 0.654. The van der Waals surface area contributed by atoms with Crippen LogP contribution in [0.4, 0.5) is 0 Å². The van der Waals surface area contributed by atoms with E-state index in [1.165, 1.54) is 25.9 Å². The van der Waals surface area contributed by atoms with Gasteiger partial charge in [-0.25, -0.2) is 0 Å². The van der Waals surface area contributed by atoms with Gasteiger partial charge in [-0.3, -0.25) is 0 Å². The van der Waals surface area contributed by atoms with E-state index in [1.54, 1.807) is 0 Å². The number of nitrogens with zero attached hydrogens (tertiary/aromatic N) is 1. The molecule has 0 saturated carbocycles. The van der Waals surface area contributed by atoms with E-state index in [2.05, 4.69) is 38.0 Å². The van der Waals surface area contributed by atoms with E-state index in [9.17, 15) is 0 Å². The van der Waals surface area contributed by atoms with Crippen molar-refractivity contribution in [2.24, 2.45) is 5.92 Å². The second kappa shape index (κ2) is 7.34. The van der Waals surface area contributed by atoms with Crippen molar-refractivity contribution in [3.05, 3.63) is 0 Å². The van der Waals surface area contributed by atoms with E-state index in [-0.39, 0.29) is 0 Å². The largest absolute Gasteiger partial charge is 0.317 e. The Morgan fingerprint density at radius 3 is 2.31 bits per heavy atom. The first-order valence-corrected chi connectivity index (χ1v) is 5.42. The molecule has 1 N–H and O–H groups in total. The topological polar surface area (TPSA) is 15.3 Å². The molecule has 0 heterocycles. The molecular formula is C11H26N2. The molecule has 0 aromatic heterocycles. The summed E-state index contributed by atoms with van der Waals surface area (Å²) in [6, 6.07) is 0.660. The van der Waals surface area contributed by atoms with E-state index in [0.29, 0.717) is 6.04 Å². The highest BCUT2D eigenvalue weighted by Gasteiger charge is 2.02. The van der Waals surface area contributed by atoms with Crippen molar-refractivity contribution in [2.75, 3.05) is 27.2 Å². The molecule has 1 unspecified atom stereocenters. The standard InChI is InChI=1S/C11H26N2/c1-10(2)9-13(5)8-6-7-11(3)12-4/h10-12H,6-9H2,1-5H3. The Labute approximate surface area is 83.7 Å². The average molecular weight is 186 g/mol. The molecular weight excluding hydrogens is 160 g/mol. The van der Waals surface area contributed by atoms with Crippen molar-refractivity contribution in [1.82, 2.24) is 10.2 Å². The molecule has 80 valence electrons. The van der Waals surface area contributed by atoms with Gasteiger partial charge in [0.1, 0.15) is 0 Å². The van der Waals surface area contributed by atoms with Gasteiger partial charge in [0.05, 0.1) is 0 Å². The third kappa shape index (κ3) is 8.26. The Kier molecular flexibility index (Phi) is 7.29. The third-order valence-electron chi connectivity index (χ3n) is 2.35. The molecule has 0 rings (SSSR count). The molecule has 0 aliphatic carbocycles. The smallest absolute Gasteiger partial charge is 0.00362 e. The minimum atomic E-state index is 0.660. The van der Waals surface area contributed by atoms with Crippen LogP contribution in [-0.4, -0.2) is 38.1 Å². The Bertz CT molecular complexity index is 113. The summed E-state index contributed by atoms with van der Waals surface area (Å²) in [5.74, 6) is 0.784. The summed E-state index contributed by atoms with van der Waals surface area (Å²) in [5, 5.41) is 3.26. The monoisotopic (exact) mass is 186 g/mol. The van der Waals surface area contributed by atoms with Gasteiger partial charge in [-0.15, -0.1) is 0 Å². The second-order valence-corrected chi connectivity index (χ2v) is 4.49. The van der Waals surface area contributed by atoms with Gasteiger partial charge < -0.3 is 10.2 Å². The van der Waals surface area contributed by atoms with Crippen molar-refractivity contribution in [3.63, 3.8) is 0 Å². The van der Waals surface area contributed by atoms with Crippen LogP contribution in [0.25, 0.3) is 0 Å². The molecule has 0 saturated heterocycles. The van der Waals surface area contributed by atoms with Crippen LogP contribution in [0, 0.1) is 5.92 Å². The summed E-state index contributed by atoms with van der Waals surface area (Å²) in [6.07, 6.45) is 2.57. The van der Waals surface area contributed by atoms with E-state index in [0.717, 1.165) is 5.92 Å². The highest BCUT2D eigenvalue weighted by Crippen LogP contribution is 2.00. The maximum atomic E-state index is 3.26. The lowest BCUT2D eigenvalue weighted by atomic mass is 10.1. The number of hydrogen-bond acceptors (Lipinski definition) is 2. The van der Waals surface area contributed by atoms with Crippen molar-refractivity contribution in [3.8, 4) is 0 Å². The molecule has 2 heteroatoms. The van der Waals surface area contributed by atoms with Crippen LogP contribution in [0.15, 0.2) is 0 Å². The lowest BCUT2D eigenvalue weighted by molar-refractivity contribution is 0.285. The van der Waals surface area contributed by atoms with Crippen LogP contribution in [0.2, 0.25) is 0 Å². The van der Waals surface area contributed by atoms with Gasteiger partial charge in [0.15, 0.2) is 0 Å². The zero-order valence-electron chi connectivity index (χ0n) is 9.93. The highest BCUT2D eigenvalue weighted by molar-refractivity contribution is 4.60.